The zero-order chi connectivity index (χ0) is 18.7. The van der Waals surface area contributed by atoms with E-state index in [4.69, 9.17) is 0 Å². The molecule has 0 radical (unpaired) electrons. The van der Waals surface area contributed by atoms with Crippen molar-refractivity contribution >= 4 is 6.03 Å². The third-order valence-electron chi connectivity index (χ3n) is 4.22. The molecule has 1 aliphatic heterocycles. The van der Waals surface area contributed by atoms with E-state index in [9.17, 15) is 22.4 Å². The Balaban J connectivity index is 1.65. The highest BCUT2D eigenvalue weighted by molar-refractivity contribution is 5.74. The third kappa shape index (κ3) is 3.97. The highest BCUT2D eigenvalue weighted by atomic mass is 19.1. The summed E-state index contributed by atoms with van der Waals surface area (Å²) < 4.78 is 55.6. The quantitative estimate of drug-likeness (QED) is 0.838. The number of amides is 2. The van der Waals surface area contributed by atoms with Crippen LogP contribution in [0.3, 0.4) is 0 Å². The molecule has 1 aromatic heterocycles. The maximum Gasteiger partial charge on any atom is 0.317 e. The van der Waals surface area contributed by atoms with Crippen LogP contribution in [0.25, 0.3) is 5.69 Å². The van der Waals surface area contributed by atoms with E-state index in [0.717, 1.165) is 23.9 Å². The number of halogens is 4. The van der Waals surface area contributed by atoms with Gasteiger partial charge in [0.25, 0.3) is 0 Å². The number of carbonyl (C=O) groups is 1. The molecule has 0 saturated carbocycles. The maximum absolute atomic E-state index is 14.3. The standard InChI is InChI=1S/C17H18F4N4O/c18-11-8-12(19)16(13(20)9-11)25-7-4-15(23-25)14(21)10-22-17(26)24-5-2-1-3-6-24/h4,7-9,14H,1-3,5-6,10H2,(H,22,26). The Morgan fingerprint density at radius 1 is 1.15 bits per heavy atom. The average molecular weight is 370 g/mol. The van der Waals surface area contributed by atoms with Crippen LogP contribution in [0.5, 0.6) is 0 Å². The van der Waals surface area contributed by atoms with Crippen molar-refractivity contribution in [2.45, 2.75) is 25.4 Å². The Bertz CT molecular complexity index is 766. The zero-order valence-electron chi connectivity index (χ0n) is 13.9. The fourth-order valence-corrected chi connectivity index (χ4v) is 2.87. The Kier molecular flexibility index (Phi) is 5.43. The molecule has 1 unspecified atom stereocenters. The first-order valence-corrected chi connectivity index (χ1v) is 8.33. The van der Waals surface area contributed by atoms with E-state index in [1.807, 2.05) is 0 Å². The monoisotopic (exact) mass is 370 g/mol. The molecule has 140 valence electrons. The number of nitrogens with one attached hydrogen (secondary N) is 1. The van der Waals surface area contributed by atoms with Gasteiger partial charge in [-0.15, -0.1) is 0 Å². The molecule has 2 aromatic rings. The number of likely N-dealkylation sites (tertiary alicyclic amines) is 1. The van der Waals surface area contributed by atoms with Crippen molar-refractivity contribution in [1.29, 1.82) is 0 Å². The molecule has 1 atom stereocenters. The topological polar surface area (TPSA) is 50.2 Å². The van der Waals surface area contributed by atoms with Gasteiger partial charge in [-0.1, -0.05) is 0 Å². The van der Waals surface area contributed by atoms with Crippen LogP contribution in [0.2, 0.25) is 0 Å². The second-order valence-electron chi connectivity index (χ2n) is 6.10. The number of hydrogen-bond donors (Lipinski definition) is 1. The predicted octanol–water partition coefficient (Wildman–Crippen LogP) is 3.50. The van der Waals surface area contributed by atoms with Gasteiger partial charge in [0.15, 0.2) is 17.8 Å². The number of carbonyl (C=O) groups excluding carboxylic acids is 1. The molecule has 26 heavy (non-hydrogen) atoms. The van der Waals surface area contributed by atoms with Crippen molar-refractivity contribution in [2.75, 3.05) is 19.6 Å². The molecule has 1 N–H and O–H groups in total. The zero-order valence-corrected chi connectivity index (χ0v) is 13.9. The van der Waals surface area contributed by atoms with Crippen LogP contribution in [-0.4, -0.2) is 40.3 Å². The van der Waals surface area contributed by atoms with Gasteiger partial charge in [-0.2, -0.15) is 5.10 Å². The first-order valence-electron chi connectivity index (χ1n) is 8.33. The minimum atomic E-state index is -1.64. The molecule has 0 spiro atoms. The average Bonchev–Trinajstić information content (AvgIpc) is 3.09. The molecule has 2 amide bonds. The van der Waals surface area contributed by atoms with Gasteiger partial charge < -0.3 is 10.2 Å². The van der Waals surface area contributed by atoms with E-state index in [1.54, 1.807) is 4.90 Å². The summed E-state index contributed by atoms with van der Waals surface area (Å²) in [7, 11) is 0. The summed E-state index contributed by atoms with van der Waals surface area (Å²) in [5, 5.41) is 6.29. The largest absolute Gasteiger partial charge is 0.335 e. The summed E-state index contributed by atoms with van der Waals surface area (Å²) >= 11 is 0. The van der Waals surface area contributed by atoms with Gasteiger partial charge in [0.05, 0.1) is 12.2 Å². The molecule has 3 rings (SSSR count). The van der Waals surface area contributed by atoms with Gasteiger partial charge in [-0.25, -0.2) is 27.0 Å². The highest BCUT2D eigenvalue weighted by Gasteiger charge is 2.21. The smallest absolute Gasteiger partial charge is 0.317 e. The predicted molar refractivity (Wildman–Crippen MR) is 86.1 cm³/mol. The Hall–Kier alpha value is -2.58. The van der Waals surface area contributed by atoms with E-state index in [-0.39, 0.29) is 18.3 Å². The van der Waals surface area contributed by atoms with Gasteiger partial charge in [0, 0.05) is 31.4 Å². The van der Waals surface area contributed by atoms with Crippen molar-refractivity contribution in [1.82, 2.24) is 20.0 Å². The van der Waals surface area contributed by atoms with Gasteiger partial charge in [-0.3, -0.25) is 0 Å². The highest BCUT2D eigenvalue weighted by Crippen LogP contribution is 2.21. The van der Waals surface area contributed by atoms with Crippen LogP contribution in [0.15, 0.2) is 24.4 Å². The molecule has 9 heteroatoms. The van der Waals surface area contributed by atoms with Gasteiger partial charge in [0.2, 0.25) is 0 Å². The summed E-state index contributed by atoms with van der Waals surface area (Å²) in [5.74, 6) is -3.35. The first-order chi connectivity index (χ1) is 12.5. The van der Waals surface area contributed by atoms with Crippen molar-refractivity contribution in [3.05, 3.63) is 47.5 Å². The lowest BCUT2D eigenvalue weighted by Gasteiger charge is -2.27. The van der Waals surface area contributed by atoms with Gasteiger partial charge >= 0.3 is 6.03 Å². The maximum atomic E-state index is 14.3. The van der Waals surface area contributed by atoms with Crippen molar-refractivity contribution in [3.63, 3.8) is 0 Å². The minimum Gasteiger partial charge on any atom is -0.335 e. The van der Waals surface area contributed by atoms with Crippen molar-refractivity contribution in [2.24, 2.45) is 0 Å². The Morgan fingerprint density at radius 3 is 2.46 bits per heavy atom. The van der Waals surface area contributed by atoms with Crippen LogP contribution < -0.4 is 5.32 Å². The van der Waals surface area contributed by atoms with Gasteiger partial charge in [-0.05, 0) is 25.3 Å². The number of rotatable bonds is 4. The molecule has 2 heterocycles. The third-order valence-corrected chi connectivity index (χ3v) is 4.22. The summed E-state index contributed by atoms with van der Waals surface area (Å²) in [4.78, 5) is 13.6. The molecular weight excluding hydrogens is 352 g/mol. The van der Waals surface area contributed by atoms with Crippen LogP contribution in [0.1, 0.15) is 31.1 Å². The number of urea groups is 1. The van der Waals surface area contributed by atoms with E-state index in [1.165, 1.54) is 12.3 Å². The summed E-state index contributed by atoms with van der Waals surface area (Å²) in [6, 6.07) is 1.94. The summed E-state index contributed by atoms with van der Waals surface area (Å²) in [5.41, 5.74) is -0.686. The number of aromatic nitrogens is 2. The van der Waals surface area contributed by atoms with Crippen LogP contribution >= 0.6 is 0 Å². The number of alkyl halides is 1. The fraction of sp³-hybridized carbons (Fsp3) is 0.412. The van der Waals surface area contributed by atoms with Crippen molar-refractivity contribution in [3.8, 4) is 5.69 Å². The Labute approximate surface area is 147 Å². The van der Waals surface area contributed by atoms with E-state index >= 15 is 0 Å². The summed E-state index contributed by atoms with van der Waals surface area (Å²) in [6.07, 6.45) is 2.45. The molecule has 1 aliphatic rings. The lowest BCUT2D eigenvalue weighted by molar-refractivity contribution is 0.182. The lowest BCUT2D eigenvalue weighted by atomic mass is 10.1. The minimum absolute atomic E-state index is 0.0907. The van der Waals surface area contributed by atoms with Crippen LogP contribution in [-0.2, 0) is 0 Å². The van der Waals surface area contributed by atoms with Crippen molar-refractivity contribution < 1.29 is 22.4 Å². The Morgan fingerprint density at radius 2 is 1.81 bits per heavy atom. The number of nitrogens with zero attached hydrogens (tertiary/aromatic N) is 3. The molecule has 0 aliphatic carbocycles. The molecule has 1 aromatic carbocycles. The second-order valence-corrected chi connectivity index (χ2v) is 6.10. The van der Waals surface area contributed by atoms with Crippen LogP contribution in [0.4, 0.5) is 22.4 Å². The van der Waals surface area contributed by atoms with E-state index < -0.39 is 29.3 Å². The normalized spacial score (nSPS) is 15.8. The molecule has 5 nitrogen and oxygen atoms in total. The van der Waals surface area contributed by atoms with Crippen LogP contribution in [0, 0.1) is 17.5 Å². The summed E-state index contributed by atoms with van der Waals surface area (Å²) in [6.45, 7) is 0.974. The van der Waals surface area contributed by atoms with E-state index in [0.29, 0.717) is 25.2 Å². The first kappa shape index (κ1) is 18.2. The fourth-order valence-electron chi connectivity index (χ4n) is 2.87. The molecule has 1 saturated heterocycles. The SMILES string of the molecule is O=C(NCC(F)c1ccn(-c2c(F)cc(F)cc2F)n1)N1CCCCC1. The molecular formula is C17H18F4N4O. The second kappa shape index (κ2) is 7.76. The van der Waals surface area contributed by atoms with E-state index in [2.05, 4.69) is 10.4 Å². The number of benzene rings is 1. The molecule has 0 bridgehead atoms. The molecule has 1 fully saturated rings. The number of piperidine rings is 1. The van der Waals surface area contributed by atoms with Gasteiger partial charge in [0.1, 0.15) is 11.5 Å². The lowest BCUT2D eigenvalue weighted by Crippen LogP contribution is -2.43. The number of hydrogen-bond acceptors (Lipinski definition) is 2.